The summed E-state index contributed by atoms with van der Waals surface area (Å²) in [6.45, 7) is 0. The number of aliphatic imine (C=N–C) groups is 1. The fraction of sp³-hybridized carbons (Fsp3) is 0.0455. The van der Waals surface area contributed by atoms with Gasteiger partial charge in [0.25, 0.3) is 5.91 Å². The van der Waals surface area contributed by atoms with Crippen LogP contribution >= 0.6 is 35.0 Å². The van der Waals surface area contributed by atoms with E-state index >= 15 is 0 Å². The molecule has 0 N–H and O–H groups in total. The molecule has 0 saturated heterocycles. The van der Waals surface area contributed by atoms with Gasteiger partial charge < -0.3 is 0 Å². The zero-order valence-electron chi connectivity index (χ0n) is 15.4. The molecule has 0 saturated carbocycles. The highest BCUT2D eigenvalue weighted by Crippen LogP contribution is 2.32. The third kappa shape index (κ3) is 4.41. The molecule has 0 radical (unpaired) electrons. The summed E-state index contributed by atoms with van der Waals surface area (Å²) in [4.78, 5) is 23.2. The van der Waals surface area contributed by atoms with Crippen molar-refractivity contribution in [2.75, 3.05) is 4.90 Å². The fourth-order valence-corrected chi connectivity index (χ4v) is 4.05. The number of halogens is 3. The Bertz CT molecular complexity index is 1170. The molecule has 3 aromatic rings. The molecule has 1 aromatic heterocycles. The van der Waals surface area contributed by atoms with Crippen molar-refractivity contribution in [3.63, 3.8) is 0 Å². The first-order chi connectivity index (χ1) is 14.5. The van der Waals surface area contributed by atoms with Crippen LogP contribution < -0.4 is 4.90 Å². The Kier molecular flexibility index (Phi) is 6.18. The Balaban J connectivity index is 1.70. The summed E-state index contributed by atoms with van der Waals surface area (Å²) in [5.74, 6) is -0.444. The lowest BCUT2D eigenvalue weighted by Crippen LogP contribution is -2.31. The van der Waals surface area contributed by atoms with Crippen LogP contribution in [0.2, 0.25) is 10.0 Å². The van der Waals surface area contributed by atoms with Crippen LogP contribution in [0.1, 0.15) is 11.3 Å². The number of anilines is 1. The van der Waals surface area contributed by atoms with Gasteiger partial charge in [-0.05, 0) is 48.0 Å². The molecule has 4 nitrogen and oxygen atoms in total. The van der Waals surface area contributed by atoms with E-state index in [0.717, 1.165) is 5.69 Å². The maximum absolute atomic E-state index is 14.5. The summed E-state index contributed by atoms with van der Waals surface area (Å²) in [5.41, 5.74) is 1.82. The van der Waals surface area contributed by atoms with Gasteiger partial charge in [0.15, 0.2) is 5.17 Å². The van der Waals surface area contributed by atoms with E-state index in [-0.39, 0.29) is 11.4 Å². The third-order valence-electron chi connectivity index (χ3n) is 4.25. The molecule has 2 heterocycles. The molecule has 0 bridgehead atoms. The number of amides is 1. The molecule has 0 atom stereocenters. The number of pyridine rings is 1. The molecule has 1 aliphatic rings. The summed E-state index contributed by atoms with van der Waals surface area (Å²) in [6, 6.07) is 16.7. The third-order valence-corrected chi connectivity index (χ3v) is 5.96. The van der Waals surface area contributed by atoms with Gasteiger partial charge in [0.2, 0.25) is 0 Å². The van der Waals surface area contributed by atoms with Crippen LogP contribution in [0, 0.1) is 5.82 Å². The number of amidine groups is 1. The molecule has 0 fully saturated rings. The predicted molar refractivity (Wildman–Crippen MR) is 121 cm³/mol. The Hall–Kier alpha value is -2.67. The van der Waals surface area contributed by atoms with E-state index in [1.54, 1.807) is 48.7 Å². The van der Waals surface area contributed by atoms with Gasteiger partial charge in [0.05, 0.1) is 21.4 Å². The Morgan fingerprint density at radius 1 is 1.03 bits per heavy atom. The smallest absolute Gasteiger partial charge is 0.266 e. The number of hydrogen-bond donors (Lipinski definition) is 0. The summed E-state index contributed by atoms with van der Waals surface area (Å²) < 4.78 is 14.5. The number of carbonyl (C=O) groups excluding carboxylic acids is 1. The van der Waals surface area contributed by atoms with Gasteiger partial charge in [-0.2, -0.15) is 0 Å². The first-order valence-corrected chi connectivity index (χ1v) is 10.6. The lowest BCUT2D eigenvalue weighted by atomic mass is 10.2. The van der Waals surface area contributed by atoms with Crippen LogP contribution in [0.3, 0.4) is 0 Å². The minimum atomic E-state index is -0.507. The van der Waals surface area contributed by atoms with Crippen molar-refractivity contribution in [1.29, 1.82) is 0 Å². The molecular weight excluding hydrogens is 444 g/mol. The van der Waals surface area contributed by atoms with E-state index < -0.39 is 11.7 Å². The van der Waals surface area contributed by atoms with E-state index in [1.165, 1.54) is 22.7 Å². The van der Waals surface area contributed by atoms with Gasteiger partial charge in [-0.25, -0.2) is 9.38 Å². The summed E-state index contributed by atoms with van der Waals surface area (Å²) in [7, 11) is 0. The Morgan fingerprint density at radius 2 is 1.83 bits per heavy atom. The number of carbonyl (C=O) groups is 1. The number of para-hydroxylation sites is 1. The average Bonchev–Trinajstić information content (AvgIpc) is 3.05. The van der Waals surface area contributed by atoms with Crippen molar-refractivity contribution >= 4 is 57.8 Å². The number of rotatable bonds is 4. The first-order valence-electron chi connectivity index (χ1n) is 8.90. The first kappa shape index (κ1) is 20.6. The highest BCUT2D eigenvalue weighted by Gasteiger charge is 2.33. The van der Waals surface area contributed by atoms with Crippen molar-refractivity contribution in [3.8, 4) is 0 Å². The number of nitrogens with zero attached hydrogens (tertiary/aromatic N) is 3. The zero-order chi connectivity index (χ0) is 21.1. The van der Waals surface area contributed by atoms with Gasteiger partial charge in [-0.3, -0.25) is 14.7 Å². The second-order valence-electron chi connectivity index (χ2n) is 6.30. The Labute approximate surface area is 187 Å². The molecule has 0 unspecified atom stereocenters. The van der Waals surface area contributed by atoms with E-state index in [0.29, 0.717) is 26.5 Å². The molecule has 1 amide bonds. The van der Waals surface area contributed by atoms with Crippen molar-refractivity contribution in [2.24, 2.45) is 4.99 Å². The second kappa shape index (κ2) is 9.00. The molecule has 4 rings (SSSR count). The van der Waals surface area contributed by atoms with Crippen LogP contribution in [0.25, 0.3) is 6.08 Å². The molecule has 30 heavy (non-hydrogen) atoms. The lowest BCUT2D eigenvalue weighted by Gasteiger charge is -2.18. The molecule has 2 aromatic carbocycles. The van der Waals surface area contributed by atoms with Gasteiger partial charge in [0, 0.05) is 11.9 Å². The molecular formula is C22H14Cl2FN3OS. The highest BCUT2D eigenvalue weighted by atomic mass is 35.5. The lowest BCUT2D eigenvalue weighted by molar-refractivity contribution is -0.113. The highest BCUT2D eigenvalue weighted by molar-refractivity contribution is 8.13. The van der Waals surface area contributed by atoms with E-state index in [4.69, 9.17) is 23.2 Å². The zero-order valence-corrected chi connectivity index (χ0v) is 17.8. The summed E-state index contributed by atoms with van der Waals surface area (Å²) >= 11 is 13.3. The molecule has 0 spiro atoms. The fourth-order valence-electron chi connectivity index (χ4n) is 2.82. The Morgan fingerprint density at radius 3 is 2.57 bits per heavy atom. The van der Waals surface area contributed by atoms with Crippen LogP contribution in [-0.2, 0) is 10.5 Å². The molecule has 150 valence electrons. The van der Waals surface area contributed by atoms with Crippen molar-refractivity contribution in [2.45, 2.75) is 5.75 Å². The summed E-state index contributed by atoms with van der Waals surface area (Å²) in [5, 5.41) is 1.16. The van der Waals surface area contributed by atoms with Gasteiger partial charge in [0.1, 0.15) is 11.5 Å². The quantitative estimate of drug-likeness (QED) is 0.437. The van der Waals surface area contributed by atoms with Crippen molar-refractivity contribution in [3.05, 3.63) is 99.7 Å². The SMILES string of the molecule is O=C1C(=Cc2ccc(Cl)c(Cl)c2)N=C(SCc2ccccn2)N1c1ccccc1F. The van der Waals surface area contributed by atoms with Crippen molar-refractivity contribution in [1.82, 2.24) is 4.98 Å². The van der Waals surface area contributed by atoms with E-state index in [2.05, 4.69) is 9.98 Å². The number of aromatic nitrogens is 1. The van der Waals surface area contributed by atoms with Crippen LogP contribution in [-0.4, -0.2) is 16.1 Å². The van der Waals surface area contributed by atoms with Gasteiger partial charge in [-0.15, -0.1) is 0 Å². The minimum absolute atomic E-state index is 0.146. The van der Waals surface area contributed by atoms with Crippen LogP contribution in [0.4, 0.5) is 10.1 Å². The maximum Gasteiger partial charge on any atom is 0.283 e. The molecule has 0 aliphatic carbocycles. The van der Waals surface area contributed by atoms with Gasteiger partial charge in [-0.1, -0.05) is 59.2 Å². The van der Waals surface area contributed by atoms with Gasteiger partial charge >= 0.3 is 0 Å². The molecule has 1 aliphatic heterocycles. The van der Waals surface area contributed by atoms with E-state index in [9.17, 15) is 9.18 Å². The molecule has 8 heteroatoms. The number of hydrogen-bond acceptors (Lipinski definition) is 4. The largest absolute Gasteiger partial charge is 0.283 e. The summed E-state index contributed by atoms with van der Waals surface area (Å²) in [6.07, 6.45) is 3.30. The van der Waals surface area contributed by atoms with E-state index in [1.807, 2.05) is 18.2 Å². The number of benzene rings is 2. The monoisotopic (exact) mass is 457 g/mol. The maximum atomic E-state index is 14.5. The predicted octanol–water partition coefficient (Wildman–Crippen LogP) is 6.20. The average molecular weight is 458 g/mol. The second-order valence-corrected chi connectivity index (χ2v) is 8.06. The normalized spacial score (nSPS) is 15.0. The number of thioether (sulfide) groups is 1. The minimum Gasteiger partial charge on any atom is -0.266 e. The van der Waals surface area contributed by atoms with Crippen LogP contribution in [0.15, 0.2) is 77.5 Å². The standard InChI is InChI=1S/C22H14Cl2FN3OS/c23-16-9-8-14(11-17(16)24)12-19-21(29)28(20-7-2-1-6-18(20)25)22(27-19)30-13-15-5-3-4-10-26-15/h1-12H,13H2. The van der Waals surface area contributed by atoms with Crippen molar-refractivity contribution < 1.29 is 9.18 Å². The topological polar surface area (TPSA) is 45.6 Å². The van der Waals surface area contributed by atoms with Crippen LogP contribution in [0.5, 0.6) is 0 Å².